The number of rotatable bonds is 3. The van der Waals surface area contributed by atoms with Crippen LogP contribution in [-0.2, 0) is 19.1 Å². The SMILES string of the molecule is COC(=O)[C@@]1(OC(=O)c2ccc(C)s2)[C@@H](C)CC2C3C[C@H](F)C4=CC(=O)C=C[C@]4(C)[C@@]3(Cl)[C@@H](O)C[C@@]21C. The molecule has 1 heterocycles. The minimum Gasteiger partial charge on any atom is -0.466 e. The summed E-state index contributed by atoms with van der Waals surface area (Å²) in [4.78, 5) is 39.0. The molecule has 1 aromatic rings. The molecule has 0 aliphatic heterocycles. The summed E-state index contributed by atoms with van der Waals surface area (Å²) < 4.78 is 27.2. The fourth-order valence-corrected chi connectivity index (χ4v) is 9.34. The lowest BCUT2D eigenvalue weighted by molar-refractivity contribution is -0.199. The number of thiophene rings is 1. The van der Waals surface area contributed by atoms with E-state index in [1.165, 1.54) is 30.6 Å². The number of aliphatic hydroxyl groups is 1. The molecule has 1 N–H and O–H groups in total. The highest BCUT2D eigenvalue weighted by atomic mass is 35.5. The van der Waals surface area contributed by atoms with Crippen molar-refractivity contribution in [2.24, 2.45) is 28.6 Å². The van der Waals surface area contributed by atoms with Gasteiger partial charge in [0.2, 0.25) is 5.60 Å². The van der Waals surface area contributed by atoms with Gasteiger partial charge in [0.1, 0.15) is 11.0 Å². The summed E-state index contributed by atoms with van der Waals surface area (Å²) in [7, 11) is 1.25. The average molecular weight is 551 g/mol. The minimum absolute atomic E-state index is 0.00853. The molecule has 6 nitrogen and oxygen atoms in total. The molecule has 200 valence electrons. The van der Waals surface area contributed by atoms with E-state index in [-0.39, 0.29) is 30.1 Å². The summed E-state index contributed by atoms with van der Waals surface area (Å²) in [5.41, 5.74) is -3.59. The second kappa shape index (κ2) is 8.48. The predicted molar refractivity (Wildman–Crippen MR) is 137 cm³/mol. The Hall–Kier alpha value is -2.03. The highest BCUT2D eigenvalue weighted by molar-refractivity contribution is 7.13. The standard InChI is InChI=1S/C28H32ClFO6S/c1-14-10-17-18-12-20(30)19-11-16(31)8-9-25(19,3)27(18,29)22(32)13-26(17,4)28(14,24(34)35-5)36-23(33)21-7-6-15(2)37-21/h6-9,11,14,17-18,20,22,32H,10,12-13H2,1-5H3/t14-,17?,18?,20-,22-,25-,26-,27-,28-/m0/s1. The van der Waals surface area contributed by atoms with Crippen LogP contribution >= 0.6 is 22.9 Å². The van der Waals surface area contributed by atoms with Crippen LogP contribution in [0.25, 0.3) is 0 Å². The van der Waals surface area contributed by atoms with Crippen LogP contribution < -0.4 is 0 Å². The maximum atomic E-state index is 15.8. The molecular formula is C28H32ClFO6S. The van der Waals surface area contributed by atoms with Gasteiger partial charge in [-0.1, -0.05) is 26.8 Å². The lowest BCUT2D eigenvalue weighted by atomic mass is 9.45. The van der Waals surface area contributed by atoms with Gasteiger partial charge < -0.3 is 14.6 Å². The number of allylic oxidation sites excluding steroid dienone is 4. The number of hydrogen-bond acceptors (Lipinski definition) is 7. The molecule has 3 saturated carbocycles. The Morgan fingerprint density at radius 2 is 1.92 bits per heavy atom. The Bertz CT molecular complexity index is 1240. The summed E-state index contributed by atoms with van der Waals surface area (Å²) >= 11 is 8.67. The van der Waals surface area contributed by atoms with Crippen LogP contribution in [0.4, 0.5) is 4.39 Å². The third kappa shape index (κ3) is 3.27. The summed E-state index contributed by atoms with van der Waals surface area (Å²) in [5, 5.41) is 11.8. The summed E-state index contributed by atoms with van der Waals surface area (Å²) in [6, 6.07) is 3.46. The van der Waals surface area contributed by atoms with Crippen LogP contribution in [-0.4, -0.2) is 52.7 Å². The molecule has 0 radical (unpaired) electrons. The number of aliphatic hydroxyl groups excluding tert-OH is 1. The van der Waals surface area contributed by atoms with Crippen molar-refractivity contribution in [1.29, 1.82) is 0 Å². The lowest BCUT2D eigenvalue weighted by Gasteiger charge is -2.64. The lowest BCUT2D eigenvalue weighted by Crippen LogP contribution is -2.70. The van der Waals surface area contributed by atoms with E-state index in [0.29, 0.717) is 11.3 Å². The van der Waals surface area contributed by atoms with Crippen molar-refractivity contribution in [3.05, 3.63) is 45.7 Å². The number of carbonyl (C=O) groups excluding carboxylic acids is 3. The van der Waals surface area contributed by atoms with E-state index in [1.807, 2.05) is 20.8 Å². The molecule has 9 heteroatoms. The molecule has 9 atom stereocenters. The molecule has 5 rings (SSSR count). The van der Waals surface area contributed by atoms with Gasteiger partial charge >= 0.3 is 11.9 Å². The van der Waals surface area contributed by atoms with Crippen LogP contribution in [0.3, 0.4) is 0 Å². The van der Waals surface area contributed by atoms with E-state index in [4.69, 9.17) is 21.1 Å². The molecule has 0 amide bonds. The molecule has 0 spiro atoms. The van der Waals surface area contributed by atoms with Gasteiger partial charge in [0.05, 0.1) is 18.1 Å². The number of esters is 2. The zero-order valence-corrected chi connectivity index (χ0v) is 23.1. The maximum absolute atomic E-state index is 15.8. The number of ether oxygens (including phenoxy) is 2. The summed E-state index contributed by atoms with van der Waals surface area (Å²) in [5.74, 6) is -3.02. The predicted octanol–water partition coefficient (Wildman–Crippen LogP) is 4.96. The van der Waals surface area contributed by atoms with Crippen molar-refractivity contribution < 1.29 is 33.4 Å². The number of carbonyl (C=O) groups is 3. The monoisotopic (exact) mass is 550 g/mol. The molecule has 0 saturated heterocycles. The second-order valence-electron chi connectivity index (χ2n) is 11.5. The molecular weight excluding hydrogens is 519 g/mol. The van der Waals surface area contributed by atoms with Gasteiger partial charge in [0.25, 0.3) is 0 Å². The largest absolute Gasteiger partial charge is 0.466 e. The highest BCUT2D eigenvalue weighted by Crippen LogP contribution is 2.72. The zero-order valence-electron chi connectivity index (χ0n) is 21.5. The van der Waals surface area contributed by atoms with E-state index >= 15 is 4.39 Å². The van der Waals surface area contributed by atoms with Gasteiger partial charge in [-0.15, -0.1) is 22.9 Å². The Balaban J connectivity index is 1.63. The Morgan fingerprint density at radius 3 is 2.54 bits per heavy atom. The van der Waals surface area contributed by atoms with E-state index in [2.05, 4.69) is 0 Å². The van der Waals surface area contributed by atoms with Crippen molar-refractivity contribution in [3.8, 4) is 0 Å². The zero-order chi connectivity index (χ0) is 27.1. The first-order chi connectivity index (χ1) is 17.3. The molecule has 2 unspecified atom stereocenters. The first-order valence-electron chi connectivity index (χ1n) is 12.6. The third-order valence-corrected chi connectivity index (χ3v) is 11.8. The Labute approximate surface area is 224 Å². The van der Waals surface area contributed by atoms with Gasteiger partial charge in [-0.2, -0.15) is 0 Å². The molecule has 1 aromatic heterocycles. The van der Waals surface area contributed by atoms with Crippen LogP contribution in [0.1, 0.15) is 54.6 Å². The van der Waals surface area contributed by atoms with Crippen LogP contribution in [0.5, 0.6) is 0 Å². The molecule has 3 fully saturated rings. The topological polar surface area (TPSA) is 89.9 Å². The first kappa shape index (κ1) is 26.6. The molecule has 4 aliphatic carbocycles. The maximum Gasteiger partial charge on any atom is 0.351 e. The van der Waals surface area contributed by atoms with Crippen molar-refractivity contribution in [2.45, 2.75) is 69.7 Å². The van der Waals surface area contributed by atoms with Crippen LogP contribution in [0.15, 0.2) is 35.9 Å². The van der Waals surface area contributed by atoms with Gasteiger partial charge in [-0.3, -0.25) is 4.79 Å². The van der Waals surface area contributed by atoms with Gasteiger partial charge in [0.15, 0.2) is 5.78 Å². The van der Waals surface area contributed by atoms with E-state index in [0.717, 1.165) is 4.88 Å². The van der Waals surface area contributed by atoms with Gasteiger partial charge in [0, 0.05) is 21.6 Å². The number of hydrogen-bond donors (Lipinski definition) is 1. The molecule has 0 bridgehead atoms. The summed E-state index contributed by atoms with van der Waals surface area (Å²) in [6.07, 6.45) is 2.13. The fourth-order valence-electron chi connectivity index (χ4n) is 8.11. The summed E-state index contributed by atoms with van der Waals surface area (Å²) in [6.45, 7) is 7.30. The minimum atomic E-state index is -1.69. The third-order valence-electron chi connectivity index (χ3n) is 9.85. The Morgan fingerprint density at radius 1 is 1.22 bits per heavy atom. The van der Waals surface area contributed by atoms with Crippen molar-refractivity contribution in [2.75, 3.05) is 7.11 Å². The molecule has 37 heavy (non-hydrogen) atoms. The number of methoxy groups -OCH3 is 1. The van der Waals surface area contributed by atoms with E-state index < -0.39 is 57.4 Å². The van der Waals surface area contributed by atoms with Crippen molar-refractivity contribution in [3.63, 3.8) is 0 Å². The smallest absolute Gasteiger partial charge is 0.351 e. The molecule has 0 aromatic carbocycles. The number of halogens is 2. The van der Waals surface area contributed by atoms with Crippen molar-refractivity contribution in [1.82, 2.24) is 0 Å². The number of ketones is 1. The van der Waals surface area contributed by atoms with Crippen LogP contribution in [0.2, 0.25) is 0 Å². The first-order valence-corrected chi connectivity index (χ1v) is 13.8. The normalized spacial score (nSPS) is 44.4. The van der Waals surface area contributed by atoms with Crippen LogP contribution in [0, 0.1) is 35.5 Å². The fraction of sp³-hybridized carbons (Fsp3) is 0.607. The quantitative estimate of drug-likeness (QED) is 0.423. The number of aryl methyl sites for hydroxylation is 1. The average Bonchev–Trinajstić information content (AvgIpc) is 3.37. The number of alkyl halides is 2. The van der Waals surface area contributed by atoms with Gasteiger partial charge in [-0.05, 0) is 67.9 Å². The molecule has 4 aliphatic rings. The second-order valence-corrected chi connectivity index (χ2v) is 13.4. The van der Waals surface area contributed by atoms with E-state index in [9.17, 15) is 19.5 Å². The van der Waals surface area contributed by atoms with E-state index in [1.54, 1.807) is 25.1 Å². The number of fused-ring (bicyclic) bond motifs is 5. The van der Waals surface area contributed by atoms with Crippen molar-refractivity contribution >= 4 is 40.7 Å². The van der Waals surface area contributed by atoms with Gasteiger partial charge in [-0.25, -0.2) is 14.0 Å². The highest BCUT2D eigenvalue weighted by Gasteiger charge is 2.78. The Kier molecular flexibility index (Phi) is 6.09.